The molecule has 6 nitrogen and oxygen atoms in total. The lowest BCUT2D eigenvalue weighted by Crippen LogP contribution is -2.42. The molecule has 110 valence electrons. The molecule has 0 aliphatic carbocycles. The molecule has 0 bridgehead atoms. The minimum Gasteiger partial charge on any atom is -0.366 e. The Bertz CT molecular complexity index is 620. The van der Waals surface area contributed by atoms with Crippen LogP contribution in [-0.4, -0.2) is 37.8 Å². The van der Waals surface area contributed by atoms with Crippen LogP contribution in [0.1, 0.15) is 28.8 Å². The predicted molar refractivity (Wildman–Crippen MR) is 75.7 cm³/mol. The number of rotatable bonds is 3. The first-order valence-corrected chi connectivity index (χ1v) is 7.92. The average Bonchev–Trinajstić information content (AvgIpc) is 2.39. The number of primary amides is 1. The molecular weight excluding hydrogens is 278 g/mol. The first kappa shape index (κ1) is 15.0. The van der Waals surface area contributed by atoms with Crippen molar-refractivity contribution in [3.8, 4) is 0 Å². The van der Waals surface area contributed by atoms with Crippen molar-refractivity contribution < 1.29 is 13.2 Å². The van der Waals surface area contributed by atoms with Crippen molar-refractivity contribution in [1.29, 1.82) is 0 Å². The molecule has 0 radical (unpaired) electrons. The molecule has 1 aromatic carbocycles. The Labute approximate surface area is 118 Å². The van der Waals surface area contributed by atoms with Crippen molar-refractivity contribution in [1.82, 2.24) is 4.31 Å². The highest BCUT2D eigenvalue weighted by atomic mass is 32.2. The Morgan fingerprint density at radius 1 is 1.30 bits per heavy atom. The molecule has 20 heavy (non-hydrogen) atoms. The molecule has 0 spiro atoms. The zero-order valence-corrected chi connectivity index (χ0v) is 12.2. The highest BCUT2D eigenvalue weighted by Crippen LogP contribution is 2.22. The number of piperidine rings is 1. The van der Waals surface area contributed by atoms with Crippen molar-refractivity contribution in [3.63, 3.8) is 0 Å². The normalized spacial score (nSPS) is 18.1. The van der Waals surface area contributed by atoms with Crippen LogP contribution in [-0.2, 0) is 10.0 Å². The second-order valence-electron chi connectivity index (χ2n) is 5.08. The molecule has 1 aliphatic heterocycles. The third-order valence-electron chi connectivity index (χ3n) is 3.61. The van der Waals surface area contributed by atoms with Crippen LogP contribution in [0.25, 0.3) is 0 Å². The van der Waals surface area contributed by atoms with Gasteiger partial charge in [-0.05, 0) is 37.5 Å². The highest BCUT2D eigenvalue weighted by molar-refractivity contribution is 7.89. The number of hydrogen-bond donors (Lipinski definition) is 2. The van der Waals surface area contributed by atoms with E-state index < -0.39 is 15.9 Å². The molecule has 4 N–H and O–H groups in total. The van der Waals surface area contributed by atoms with Crippen molar-refractivity contribution in [2.24, 2.45) is 11.5 Å². The van der Waals surface area contributed by atoms with E-state index in [2.05, 4.69) is 0 Å². The van der Waals surface area contributed by atoms with Gasteiger partial charge in [0, 0.05) is 24.7 Å². The minimum absolute atomic E-state index is 0.0562. The fourth-order valence-electron chi connectivity index (χ4n) is 2.29. The largest absolute Gasteiger partial charge is 0.366 e. The van der Waals surface area contributed by atoms with Gasteiger partial charge in [-0.3, -0.25) is 4.79 Å². The van der Waals surface area contributed by atoms with Gasteiger partial charge in [0.2, 0.25) is 15.9 Å². The number of benzene rings is 1. The maximum Gasteiger partial charge on any atom is 0.249 e. The molecule has 0 saturated carbocycles. The fraction of sp³-hybridized carbons (Fsp3) is 0.462. The minimum atomic E-state index is -3.59. The zero-order valence-electron chi connectivity index (χ0n) is 11.4. The lowest BCUT2D eigenvalue weighted by Gasteiger charge is -2.29. The monoisotopic (exact) mass is 297 g/mol. The Kier molecular flexibility index (Phi) is 4.12. The number of aryl methyl sites for hydroxylation is 1. The van der Waals surface area contributed by atoms with Crippen molar-refractivity contribution in [2.75, 3.05) is 13.1 Å². The lowest BCUT2D eigenvalue weighted by molar-refractivity contribution is 0.0999. The van der Waals surface area contributed by atoms with Gasteiger partial charge in [0.05, 0.1) is 4.90 Å². The van der Waals surface area contributed by atoms with Crippen LogP contribution in [0.15, 0.2) is 23.1 Å². The number of amides is 1. The van der Waals surface area contributed by atoms with Crippen LogP contribution in [0.4, 0.5) is 0 Å². The van der Waals surface area contributed by atoms with E-state index in [1.807, 2.05) is 0 Å². The van der Waals surface area contributed by atoms with Crippen LogP contribution in [0, 0.1) is 6.92 Å². The molecule has 0 aromatic heterocycles. The standard InChI is InChI=1S/C13H19N3O3S/c1-9-2-3-11(8-12(9)13(15)17)20(18,19)16-6-4-10(14)5-7-16/h2-3,8,10H,4-7,14H2,1H3,(H2,15,17). The second-order valence-corrected chi connectivity index (χ2v) is 7.02. The summed E-state index contributed by atoms with van der Waals surface area (Å²) in [5.41, 5.74) is 11.9. The first-order chi connectivity index (χ1) is 9.32. The molecule has 0 atom stereocenters. The summed E-state index contributed by atoms with van der Waals surface area (Å²) in [5.74, 6) is -0.625. The third-order valence-corrected chi connectivity index (χ3v) is 5.51. The zero-order chi connectivity index (χ0) is 14.9. The van der Waals surface area contributed by atoms with E-state index in [0.717, 1.165) is 0 Å². The Hall–Kier alpha value is -1.44. The van der Waals surface area contributed by atoms with Gasteiger partial charge < -0.3 is 11.5 Å². The van der Waals surface area contributed by atoms with Gasteiger partial charge in [0.25, 0.3) is 0 Å². The second kappa shape index (κ2) is 5.51. The summed E-state index contributed by atoms with van der Waals surface area (Å²) in [6.45, 7) is 2.53. The molecule has 1 aliphatic rings. The van der Waals surface area contributed by atoms with Gasteiger partial charge in [-0.1, -0.05) is 6.07 Å². The predicted octanol–water partition coefficient (Wildman–Crippen LogP) is 0.206. The maximum atomic E-state index is 12.5. The average molecular weight is 297 g/mol. The van der Waals surface area contributed by atoms with Crippen LogP contribution in [0.3, 0.4) is 0 Å². The van der Waals surface area contributed by atoms with Gasteiger partial charge >= 0.3 is 0 Å². The lowest BCUT2D eigenvalue weighted by atomic mass is 10.1. The Balaban J connectivity index is 2.35. The summed E-state index contributed by atoms with van der Waals surface area (Å²) in [4.78, 5) is 11.4. The summed E-state index contributed by atoms with van der Waals surface area (Å²) in [6, 6.07) is 4.51. The highest BCUT2D eigenvalue weighted by Gasteiger charge is 2.28. The summed E-state index contributed by atoms with van der Waals surface area (Å²) >= 11 is 0. The summed E-state index contributed by atoms with van der Waals surface area (Å²) in [5, 5.41) is 0. The van der Waals surface area contributed by atoms with E-state index in [9.17, 15) is 13.2 Å². The molecule has 1 fully saturated rings. The van der Waals surface area contributed by atoms with E-state index in [1.54, 1.807) is 13.0 Å². The van der Waals surface area contributed by atoms with E-state index in [0.29, 0.717) is 31.5 Å². The van der Waals surface area contributed by atoms with Gasteiger partial charge in [0.15, 0.2) is 0 Å². The maximum absolute atomic E-state index is 12.5. The van der Waals surface area contributed by atoms with Crippen LogP contribution in [0.5, 0.6) is 0 Å². The summed E-state index contributed by atoms with van der Waals surface area (Å²) in [6.07, 6.45) is 1.29. The quantitative estimate of drug-likeness (QED) is 0.831. The number of carbonyl (C=O) groups excluding carboxylic acids is 1. The first-order valence-electron chi connectivity index (χ1n) is 6.48. The molecule has 2 rings (SSSR count). The molecule has 0 unspecified atom stereocenters. The Morgan fingerprint density at radius 2 is 1.90 bits per heavy atom. The molecule has 1 heterocycles. The van der Waals surface area contributed by atoms with Crippen molar-refractivity contribution in [3.05, 3.63) is 29.3 Å². The van der Waals surface area contributed by atoms with Crippen LogP contribution < -0.4 is 11.5 Å². The van der Waals surface area contributed by atoms with Gasteiger partial charge in [-0.25, -0.2) is 8.42 Å². The number of sulfonamides is 1. The van der Waals surface area contributed by atoms with E-state index in [-0.39, 0.29) is 16.5 Å². The van der Waals surface area contributed by atoms with Gasteiger partial charge in [-0.2, -0.15) is 4.31 Å². The van der Waals surface area contributed by atoms with Crippen LogP contribution in [0.2, 0.25) is 0 Å². The van der Waals surface area contributed by atoms with Gasteiger partial charge in [-0.15, -0.1) is 0 Å². The van der Waals surface area contributed by atoms with E-state index in [4.69, 9.17) is 11.5 Å². The number of carbonyl (C=O) groups is 1. The third kappa shape index (κ3) is 2.84. The number of hydrogen-bond acceptors (Lipinski definition) is 4. The summed E-state index contributed by atoms with van der Waals surface area (Å²) in [7, 11) is -3.59. The van der Waals surface area contributed by atoms with Crippen molar-refractivity contribution in [2.45, 2.75) is 30.7 Å². The van der Waals surface area contributed by atoms with E-state index >= 15 is 0 Å². The Morgan fingerprint density at radius 3 is 2.45 bits per heavy atom. The fourth-order valence-corrected chi connectivity index (χ4v) is 3.79. The summed E-state index contributed by atoms with van der Waals surface area (Å²) < 4.78 is 26.4. The smallest absolute Gasteiger partial charge is 0.249 e. The van der Waals surface area contributed by atoms with E-state index in [1.165, 1.54) is 16.4 Å². The number of nitrogens with zero attached hydrogens (tertiary/aromatic N) is 1. The molecule has 7 heteroatoms. The van der Waals surface area contributed by atoms with Crippen molar-refractivity contribution >= 4 is 15.9 Å². The number of nitrogens with two attached hydrogens (primary N) is 2. The molecule has 1 amide bonds. The topological polar surface area (TPSA) is 106 Å². The van der Waals surface area contributed by atoms with Crippen LogP contribution >= 0.6 is 0 Å². The molecular formula is C13H19N3O3S. The molecule has 1 saturated heterocycles. The molecule has 1 aromatic rings. The van der Waals surface area contributed by atoms with Gasteiger partial charge in [0.1, 0.15) is 0 Å². The SMILES string of the molecule is Cc1ccc(S(=O)(=O)N2CCC(N)CC2)cc1C(N)=O.